The summed E-state index contributed by atoms with van der Waals surface area (Å²) in [5.74, 6) is 2.23. The average Bonchev–Trinajstić information content (AvgIpc) is 3.10. The van der Waals surface area contributed by atoms with Gasteiger partial charge in [-0.25, -0.2) is 4.98 Å². The lowest BCUT2D eigenvalue weighted by molar-refractivity contribution is 0.398. The summed E-state index contributed by atoms with van der Waals surface area (Å²) in [6.45, 7) is 0. The van der Waals surface area contributed by atoms with Crippen molar-refractivity contribution in [1.82, 2.24) is 4.98 Å². The molecule has 0 amide bonds. The molecule has 0 aliphatic carbocycles. The van der Waals surface area contributed by atoms with Gasteiger partial charge in [-0.05, 0) is 36.4 Å². The van der Waals surface area contributed by atoms with E-state index < -0.39 is 0 Å². The SMILES string of the molecule is COc1ccc(-c2csc(Nc3c(OC)cccc3OC)n2)cc1. The van der Waals surface area contributed by atoms with E-state index >= 15 is 0 Å². The Kier molecular flexibility index (Phi) is 4.86. The van der Waals surface area contributed by atoms with Gasteiger partial charge in [0.2, 0.25) is 0 Å². The molecular formula is C18H18N2O3S. The second-order valence-electron chi connectivity index (χ2n) is 4.93. The van der Waals surface area contributed by atoms with Gasteiger partial charge in [0.25, 0.3) is 0 Å². The number of rotatable bonds is 6. The van der Waals surface area contributed by atoms with Crippen molar-refractivity contribution < 1.29 is 14.2 Å². The van der Waals surface area contributed by atoms with Crippen LogP contribution in [0.1, 0.15) is 0 Å². The summed E-state index contributed by atoms with van der Waals surface area (Å²) >= 11 is 1.52. The van der Waals surface area contributed by atoms with E-state index in [0.29, 0.717) is 11.5 Å². The van der Waals surface area contributed by atoms with Crippen LogP contribution < -0.4 is 19.5 Å². The number of hydrogen-bond acceptors (Lipinski definition) is 6. The van der Waals surface area contributed by atoms with Gasteiger partial charge in [-0.3, -0.25) is 0 Å². The molecule has 0 aliphatic heterocycles. The number of nitrogens with zero attached hydrogens (tertiary/aromatic N) is 1. The van der Waals surface area contributed by atoms with Crippen molar-refractivity contribution in [3.63, 3.8) is 0 Å². The van der Waals surface area contributed by atoms with E-state index in [9.17, 15) is 0 Å². The summed E-state index contributed by atoms with van der Waals surface area (Å²) in [7, 11) is 4.91. The Balaban J connectivity index is 1.86. The normalized spacial score (nSPS) is 10.3. The van der Waals surface area contributed by atoms with Gasteiger partial charge in [0.05, 0.1) is 27.0 Å². The van der Waals surface area contributed by atoms with Crippen LogP contribution in [0.4, 0.5) is 10.8 Å². The molecule has 1 heterocycles. The molecule has 1 aromatic heterocycles. The Morgan fingerprint density at radius 1 is 0.875 bits per heavy atom. The van der Waals surface area contributed by atoms with Gasteiger partial charge in [-0.2, -0.15) is 0 Å². The lowest BCUT2D eigenvalue weighted by atomic mass is 10.2. The van der Waals surface area contributed by atoms with Gasteiger partial charge >= 0.3 is 0 Å². The summed E-state index contributed by atoms with van der Waals surface area (Å²) < 4.78 is 16.0. The molecule has 6 heteroatoms. The van der Waals surface area contributed by atoms with Crippen LogP contribution >= 0.6 is 11.3 Å². The van der Waals surface area contributed by atoms with Crippen molar-refractivity contribution in [1.29, 1.82) is 0 Å². The fourth-order valence-electron chi connectivity index (χ4n) is 2.31. The van der Waals surface area contributed by atoms with Crippen molar-refractivity contribution >= 4 is 22.2 Å². The Morgan fingerprint density at radius 2 is 1.54 bits per heavy atom. The molecule has 0 spiro atoms. The molecule has 24 heavy (non-hydrogen) atoms. The standard InChI is InChI=1S/C18H18N2O3S/c1-21-13-9-7-12(8-10-13)14-11-24-18(19-14)20-17-15(22-2)5-4-6-16(17)23-3/h4-11H,1-3H3,(H,19,20). The molecule has 2 aromatic carbocycles. The first-order valence-corrected chi connectivity index (χ1v) is 8.21. The second-order valence-corrected chi connectivity index (χ2v) is 5.79. The van der Waals surface area contributed by atoms with E-state index in [4.69, 9.17) is 14.2 Å². The molecule has 5 nitrogen and oxygen atoms in total. The first-order valence-electron chi connectivity index (χ1n) is 7.33. The number of aromatic nitrogens is 1. The van der Waals surface area contributed by atoms with Crippen LogP contribution in [0.3, 0.4) is 0 Å². The maximum atomic E-state index is 5.40. The number of para-hydroxylation sites is 1. The van der Waals surface area contributed by atoms with E-state index in [1.807, 2.05) is 47.8 Å². The third-order valence-electron chi connectivity index (χ3n) is 3.55. The third kappa shape index (κ3) is 3.28. The minimum atomic E-state index is 0.704. The van der Waals surface area contributed by atoms with Crippen molar-refractivity contribution in [2.45, 2.75) is 0 Å². The summed E-state index contributed by atoms with van der Waals surface area (Å²) in [6, 6.07) is 13.5. The average molecular weight is 342 g/mol. The predicted octanol–water partition coefficient (Wildman–Crippen LogP) is 4.58. The highest BCUT2D eigenvalue weighted by Gasteiger charge is 2.12. The highest BCUT2D eigenvalue weighted by atomic mass is 32.1. The van der Waals surface area contributed by atoms with Gasteiger partial charge in [0, 0.05) is 10.9 Å². The summed E-state index contributed by atoms with van der Waals surface area (Å²) in [5.41, 5.74) is 2.70. The molecule has 0 fully saturated rings. The van der Waals surface area contributed by atoms with Gasteiger partial charge in [-0.15, -0.1) is 11.3 Å². The number of methoxy groups -OCH3 is 3. The lowest BCUT2D eigenvalue weighted by Gasteiger charge is -2.13. The van der Waals surface area contributed by atoms with Crippen LogP contribution in [0.5, 0.6) is 17.2 Å². The number of nitrogens with one attached hydrogen (secondary N) is 1. The molecule has 124 valence electrons. The molecule has 0 atom stereocenters. The van der Waals surface area contributed by atoms with Crippen LogP contribution in [-0.2, 0) is 0 Å². The molecule has 0 unspecified atom stereocenters. The quantitative estimate of drug-likeness (QED) is 0.710. The first-order chi connectivity index (χ1) is 11.7. The number of anilines is 2. The number of thiazole rings is 1. The topological polar surface area (TPSA) is 52.6 Å². The molecule has 0 aliphatic rings. The van der Waals surface area contributed by atoms with Crippen molar-refractivity contribution in [3.05, 3.63) is 47.8 Å². The highest BCUT2D eigenvalue weighted by molar-refractivity contribution is 7.14. The van der Waals surface area contributed by atoms with E-state index in [0.717, 1.165) is 27.8 Å². The van der Waals surface area contributed by atoms with Crippen molar-refractivity contribution in [3.8, 4) is 28.5 Å². The van der Waals surface area contributed by atoms with Crippen LogP contribution in [0, 0.1) is 0 Å². The van der Waals surface area contributed by atoms with Gasteiger partial charge in [0.1, 0.15) is 22.9 Å². The number of hydrogen-bond donors (Lipinski definition) is 1. The summed E-state index contributed by atoms with van der Waals surface area (Å²) in [5, 5.41) is 6.06. The fourth-order valence-corrected chi connectivity index (χ4v) is 3.03. The van der Waals surface area contributed by atoms with Crippen LogP contribution in [0.2, 0.25) is 0 Å². The molecular weight excluding hydrogens is 324 g/mol. The molecule has 3 rings (SSSR count). The van der Waals surface area contributed by atoms with Crippen molar-refractivity contribution in [2.75, 3.05) is 26.6 Å². The monoisotopic (exact) mass is 342 g/mol. The molecule has 0 bridgehead atoms. The zero-order valence-corrected chi connectivity index (χ0v) is 14.5. The van der Waals surface area contributed by atoms with Crippen LogP contribution in [-0.4, -0.2) is 26.3 Å². The Bertz CT molecular complexity index is 793. The summed E-state index contributed by atoms with van der Waals surface area (Å²) in [6.07, 6.45) is 0. The van der Waals surface area contributed by atoms with Gasteiger partial charge in [0.15, 0.2) is 5.13 Å². The van der Waals surface area contributed by atoms with E-state index in [1.165, 1.54) is 11.3 Å². The predicted molar refractivity (Wildman–Crippen MR) is 96.9 cm³/mol. The molecule has 1 N–H and O–H groups in total. The smallest absolute Gasteiger partial charge is 0.187 e. The number of ether oxygens (including phenoxy) is 3. The largest absolute Gasteiger partial charge is 0.497 e. The Hall–Kier alpha value is -2.73. The molecule has 0 saturated heterocycles. The van der Waals surface area contributed by atoms with Gasteiger partial charge < -0.3 is 19.5 Å². The number of benzene rings is 2. The zero-order chi connectivity index (χ0) is 16.9. The highest BCUT2D eigenvalue weighted by Crippen LogP contribution is 2.38. The lowest BCUT2D eigenvalue weighted by Crippen LogP contribution is -1.97. The maximum absolute atomic E-state index is 5.40. The minimum Gasteiger partial charge on any atom is -0.497 e. The van der Waals surface area contributed by atoms with Gasteiger partial charge in [-0.1, -0.05) is 6.07 Å². The van der Waals surface area contributed by atoms with E-state index in [-0.39, 0.29) is 0 Å². The third-order valence-corrected chi connectivity index (χ3v) is 4.31. The van der Waals surface area contributed by atoms with E-state index in [2.05, 4.69) is 10.3 Å². The fraction of sp³-hybridized carbons (Fsp3) is 0.167. The Labute approximate surface area is 144 Å². The zero-order valence-electron chi connectivity index (χ0n) is 13.7. The minimum absolute atomic E-state index is 0.704. The van der Waals surface area contributed by atoms with E-state index in [1.54, 1.807) is 21.3 Å². The molecule has 0 saturated carbocycles. The second kappa shape index (κ2) is 7.23. The molecule has 3 aromatic rings. The van der Waals surface area contributed by atoms with Crippen molar-refractivity contribution in [2.24, 2.45) is 0 Å². The molecule has 0 radical (unpaired) electrons. The maximum Gasteiger partial charge on any atom is 0.187 e. The van der Waals surface area contributed by atoms with Crippen LogP contribution in [0.25, 0.3) is 11.3 Å². The summed E-state index contributed by atoms with van der Waals surface area (Å²) in [4.78, 5) is 4.64. The van der Waals surface area contributed by atoms with Crippen LogP contribution in [0.15, 0.2) is 47.8 Å². The first kappa shape index (κ1) is 16.1. The Morgan fingerprint density at radius 3 is 2.12 bits per heavy atom.